The van der Waals surface area contributed by atoms with Crippen LogP contribution >= 0.6 is 23.2 Å². The molecule has 2 nitrogen and oxygen atoms in total. The molecule has 0 saturated carbocycles. The lowest BCUT2D eigenvalue weighted by Gasteiger charge is -2.29. The topological polar surface area (TPSA) is 27.0 Å². The molecule has 0 N–H and O–H groups in total. The first kappa shape index (κ1) is 12.7. The smallest absolute Gasteiger partial charge is 0.0669 e. The number of benzene rings is 1. The summed E-state index contributed by atoms with van der Waals surface area (Å²) in [4.78, 5) is 2.28. The Morgan fingerprint density at radius 1 is 1.41 bits per heavy atom. The third-order valence-corrected chi connectivity index (χ3v) is 3.68. The SMILES string of the molecule is N#CC1CCCN(Cc2ccc(Cl)cc2Cl)C1. The summed E-state index contributed by atoms with van der Waals surface area (Å²) < 4.78 is 0. The summed E-state index contributed by atoms with van der Waals surface area (Å²) in [7, 11) is 0. The molecule has 0 radical (unpaired) electrons. The number of nitrogens with zero attached hydrogens (tertiary/aromatic N) is 2. The predicted molar refractivity (Wildman–Crippen MR) is 70.1 cm³/mol. The van der Waals surface area contributed by atoms with E-state index in [4.69, 9.17) is 28.5 Å². The average molecular weight is 269 g/mol. The molecule has 0 amide bonds. The lowest BCUT2D eigenvalue weighted by molar-refractivity contribution is 0.192. The van der Waals surface area contributed by atoms with E-state index in [0.717, 1.165) is 38.0 Å². The molecule has 17 heavy (non-hydrogen) atoms. The third kappa shape index (κ3) is 3.35. The zero-order chi connectivity index (χ0) is 12.3. The van der Waals surface area contributed by atoms with Gasteiger partial charge in [0.25, 0.3) is 0 Å². The maximum absolute atomic E-state index is 8.95. The molecule has 1 atom stereocenters. The fourth-order valence-electron chi connectivity index (χ4n) is 2.20. The van der Waals surface area contributed by atoms with Gasteiger partial charge in [-0.2, -0.15) is 5.26 Å². The van der Waals surface area contributed by atoms with Crippen LogP contribution in [0.3, 0.4) is 0 Å². The number of piperidine rings is 1. The second kappa shape index (κ2) is 5.73. The first-order valence-corrected chi connectivity index (χ1v) is 6.50. The highest BCUT2D eigenvalue weighted by molar-refractivity contribution is 6.35. The van der Waals surface area contributed by atoms with Gasteiger partial charge in [-0.05, 0) is 37.1 Å². The van der Waals surface area contributed by atoms with E-state index in [1.807, 2.05) is 12.1 Å². The van der Waals surface area contributed by atoms with Crippen LogP contribution in [0.4, 0.5) is 0 Å². The van der Waals surface area contributed by atoms with Crippen LogP contribution in [0.15, 0.2) is 18.2 Å². The van der Waals surface area contributed by atoms with Crippen molar-refractivity contribution in [1.82, 2.24) is 4.90 Å². The Balaban J connectivity index is 2.03. The van der Waals surface area contributed by atoms with E-state index in [-0.39, 0.29) is 5.92 Å². The van der Waals surface area contributed by atoms with Crippen molar-refractivity contribution in [3.8, 4) is 6.07 Å². The number of hydrogen-bond donors (Lipinski definition) is 0. The summed E-state index contributed by atoms with van der Waals surface area (Å²) in [5, 5.41) is 10.3. The van der Waals surface area contributed by atoms with Crippen molar-refractivity contribution in [2.24, 2.45) is 5.92 Å². The maximum Gasteiger partial charge on any atom is 0.0669 e. The maximum atomic E-state index is 8.95. The summed E-state index contributed by atoms with van der Waals surface area (Å²) >= 11 is 12.0. The fourth-order valence-corrected chi connectivity index (χ4v) is 2.66. The molecule has 2 rings (SSSR count). The molecule has 1 aliphatic rings. The molecule has 1 aliphatic heterocycles. The average Bonchev–Trinajstić information content (AvgIpc) is 2.33. The predicted octanol–water partition coefficient (Wildman–Crippen LogP) is 3.73. The lowest BCUT2D eigenvalue weighted by atomic mass is 9.99. The van der Waals surface area contributed by atoms with Crippen molar-refractivity contribution in [3.63, 3.8) is 0 Å². The van der Waals surface area contributed by atoms with Crippen molar-refractivity contribution in [1.29, 1.82) is 5.26 Å². The summed E-state index contributed by atoms with van der Waals surface area (Å²) in [5.41, 5.74) is 1.08. The molecule has 0 bridgehead atoms. The first-order valence-electron chi connectivity index (χ1n) is 5.75. The van der Waals surface area contributed by atoms with Crippen molar-refractivity contribution in [2.75, 3.05) is 13.1 Å². The van der Waals surface area contributed by atoms with Crippen molar-refractivity contribution < 1.29 is 0 Å². The minimum absolute atomic E-state index is 0.162. The Kier molecular flexibility index (Phi) is 4.28. The molecule has 0 aliphatic carbocycles. The normalized spacial score (nSPS) is 21.1. The summed E-state index contributed by atoms with van der Waals surface area (Å²) in [6, 6.07) is 7.93. The van der Waals surface area contributed by atoms with Gasteiger partial charge < -0.3 is 0 Å². The van der Waals surface area contributed by atoms with Gasteiger partial charge >= 0.3 is 0 Å². The van der Waals surface area contributed by atoms with Crippen LogP contribution in [-0.4, -0.2) is 18.0 Å². The Bertz CT molecular complexity index is 440. The molecule has 1 saturated heterocycles. The number of nitriles is 1. The van der Waals surface area contributed by atoms with E-state index < -0.39 is 0 Å². The van der Waals surface area contributed by atoms with E-state index in [1.54, 1.807) is 6.07 Å². The Morgan fingerprint density at radius 2 is 2.24 bits per heavy atom. The van der Waals surface area contributed by atoms with Gasteiger partial charge in [0.15, 0.2) is 0 Å². The Morgan fingerprint density at radius 3 is 2.94 bits per heavy atom. The van der Waals surface area contributed by atoms with Gasteiger partial charge in [0.05, 0.1) is 12.0 Å². The monoisotopic (exact) mass is 268 g/mol. The zero-order valence-corrected chi connectivity index (χ0v) is 11.0. The van der Waals surface area contributed by atoms with Crippen molar-refractivity contribution >= 4 is 23.2 Å². The molecule has 1 aromatic rings. The van der Waals surface area contributed by atoms with E-state index in [2.05, 4.69) is 11.0 Å². The van der Waals surface area contributed by atoms with E-state index in [9.17, 15) is 0 Å². The van der Waals surface area contributed by atoms with Crippen LogP contribution in [-0.2, 0) is 6.54 Å². The minimum atomic E-state index is 0.162. The van der Waals surface area contributed by atoms with Gasteiger partial charge in [-0.3, -0.25) is 4.90 Å². The van der Waals surface area contributed by atoms with Crippen LogP contribution in [0.2, 0.25) is 10.0 Å². The van der Waals surface area contributed by atoms with Gasteiger partial charge in [0, 0.05) is 23.1 Å². The number of halogens is 2. The quantitative estimate of drug-likeness (QED) is 0.818. The van der Waals surface area contributed by atoms with Crippen LogP contribution in [0.25, 0.3) is 0 Å². The van der Waals surface area contributed by atoms with Gasteiger partial charge in [-0.25, -0.2) is 0 Å². The second-order valence-electron chi connectivity index (χ2n) is 4.44. The van der Waals surface area contributed by atoms with E-state index in [1.165, 1.54) is 0 Å². The minimum Gasteiger partial charge on any atom is -0.298 e. The highest BCUT2D eigenvalue weighted by atomic mass is 35.5. The van der Waals surface area contributed by atoms with E-state index in [0.29, 0.717) is 10.0 Å². The third-order valence-electron chi connectivity index (χ3n) is 3.10. The Hall–Kier alpha value is -0.750. The summed E-state index contributed by atoms with van der Waals surface area (Å²) in [6.45, 7) is 2.68. The molecule has 1 fully saturated rings. The molecule has 1 aromatic carbocycles. The molecule has 0 aromatic heterocycles. The molecule has 1 heterocycles. The highest BCUT2D eigenvalue weighted by Gasteiger charge is 2.19. The highest BCUT2D eigenvalue weighted by Crippen LogP contribution is 2.24. The van der Waals surface area contributed by atoms with Crippen molar-refractivity contribution in [3.05, 3.63) is 33.8 Å². The zero-order valence-electron chi connectivity index (χ0n) is 9.50. The first-order chi connectivity index (χ1) is 8.19. The van der Waals surface area contributed by atoms with Gasteiger partial charge in [0.1, 0.15) is 0 Å². The molecular weight excluding hydrogens is 255 g/mol. The van der Waals surface area contributed by atoms with Gasteiger partial charge in [-0.1, -0.05) is 29.3 Å². The second-order valence-corrected chi connectivity index (χ2v) is 5.28. The largest absolute Gasteiger partial charge is 0.298 e. The van der Waals surface area contributed by atoms with Crippen LogP contribution in [0.1, 0.15) is 18.4 Å². The van der Waals surface area contributed by atoms with Gasteiger partial charge in [-0.15, -0.1) is 0 Å². The molecule has 0 spiro atoms. The van der Waals surface area contributed by atoms with Crippen LogP contribution in [0.5, 0.6) is 0 Å². The number of likely N-dealkylation sites (tertiary alicyclic amines) is 1. The standard InChI is InChI=1S/C13H14Cl2N2/c14-12-4-3-11(13(15)6-12)9-17-5-1-2-10(7-16)8-17/h3-4,6,10H,1-2,5,8-9H2. The number of hydrogen-bond acceptors (Lipinski definition) is 2. The molecule has 1 unspecified atom stereocenters. The van der Waals surface area contributed by atoms with Crippen molar-refractivity contribution in [2.45, 2.75) is 19.4 Å². The lowest BCUT2D eigenvalue weighted by Crippen LogP contribution is -2.34. The molecular formula is C13H14Cl2N2. The van der Waals surface area contributed by atoms with Crippen LogP contribution < -0.4 is 0 Å². The fraction of sp³-hybridized carbons (Fsp3) is 0.462. The van der Waals surface area contributed by atoms with Crippen LogP contribution in [0, 0.1) is 17.2 Å². The summed E-state index contributed by atoms with van der Waals surface area (Å²) in [5.74, 6) is 0.162. The van der Waals surface area contributed by atoms with Gasteiger partial charge in [0.2, 0.25) is 0 Å². The van der Waals surface area contributed by atoms with E-state index >= 15 is 0 Å². The number of rotatable bonds is 2. The molecule has 90 valence electrons. The Labute approximate surface area is 112 Å². The molecule has 4 heteroatoms. The summed E-state index contributed by atoms with van der Waals surface area (Å²) in [6.07, 6.45) is 2.10.